The summed E-state index contributed by atoms with van der Waals surface area (Å²) in [5.41, 5.74) is 2.47. The molecule has 0 fully saturated rings. The normalized spacial score (nSPS) is 12.0. The van der Waals surface area contributed by atoms with Gasteiger partial charge in [-0.25, -0.2) is 12.7 Å². The first-order chi connectivity index (χ1) is 11.0. The molecular formula is C16H26ClN3O3S. The molecule has 0 saturated heterocycles. The first-order valence-electron chi connectivity index (χ1n) is 7.67. The third-order valence-electron chi connectivity index (χ3n) is 3.55. The molecule has 0 aliphatic heterocycles. The molecule has 1 aromatic carbocycles. The van der Waals surface area contributed by atoms with Gasteiger partial charge in [0.25, 0.3) is 0 Å². The number of sulfonamides is 1. The Morgan fingerprint density at radius 2 is 1.79 bits per heavy atom. The lowest BCUT2D eigenvalue weighted by Gasteiger charge is -2.21. The van der Waals surface area contributed by atoms with E-state index in [0.29, 0.717) is 23.8 Å². The number of carbonyl (C=O) groups is 1. The van der Waals surface area contributed by atoms with Gasteiger partial charge in [-0.1, -0.05) is 17.7 Å². The molecule has 1 rings (SSSR count). The molecule has 1 amide bonds. The number of nitrogens with one attached hydrogen (secondary N) is 1. The fourth-order valence-corrected chi connectivity index (χ4v) is 3.46. The summed E-state index contributed by atoms with van der Waals surface area (Å²) in [5, 5.41) is 3.25. The summed E-state index contributed by atoms with van der Waals surface area (Å²) in [6, 6.07) is 3.71. The minimum absolute atomic E-state index is 0.0736. The molecule has 0 unspecified atom stereocenters. The van der Waals surface area contributed by atoms with Gasteiger partial charge >= 0.3 is 0 Å². The Morgan fingerprint density at radius 3 is 2.29 bits per heavy atom. The van der Waals surface area contributed by atoms with E-state index in [1.54, 1.807) is 6.07 Å². The topological polar surface area (TPSA) is 69.7 Å². The van der Waals surface area contributed by atoms with Crippen LogP contribution in [0.5, 0.6) is 0 Å². The average Bonchev–Trinajstić information content (AvgIpc) is 2.40. The Labute approximate surface area is 149 Å². The van der Waals surface area contributed by atoms with Crippen LogP contribution < -0.4 is 5.32 Å². The summed E-state index contributed by atoms with van der Waals surface area (Å²) in [6.45, 7) is 4.88. The van der Waals surface area contributed by atoms with Gasteiger partial charge in [0.2, 0.25) is 15.9 Å². The molecule has 0 heterocycles. The van der Waals surface area contributed by atoms with Crippen LogP contribution in [-0.2, 0) is 14.8 Å². The number of likely N-dealkylation sites (N-methyl/N-ethyl adjacent to an activating group) is 1. The van der Waals surface area contributed by atoms with Crippen LogP contribution >= 0.6 is 11.6 Å². The summed E-state index contributed by atoms with van der Waals surface area (Å²) < 4.78 is 24.9. The number of rotatable bonds is 8. The molecule has 0 radical (unpaired) electrons. The fraction of sp³-hybridized carbons (Fsp3) is 0.562. The standard InChI is InChI=1S/C16H26ClN3O3S/c1-12-10-13(2)16(14(17)11-12)18-15(21)6-7-20(24(5,22)23)9-8-19(3)4/h10-11H,6-9H2,1-5H3,(H,18,21). The van der Waals surface area contributed by atoms with E-state index in [1.807, 2.05) is 38.9 Å². The molecule has 6 nitrogen and oxygen atoms in total. The van der Waals surface area contributed by atoms with Gasteiger partial charge < -0.3 is 10.2 Å². The van der Waals surface area contributed by atoms with E-state index in [-0.39, 0.29) is 18.9 Å². The predicted octanol–water partition coefficient (Wildman–Crippen LogP) is 2.11. The van der Waals surface area contributed by atoms with Gasteiger partial charge in [0.15, 0.2) is 0 Å². The van der Waals surface area contributed by atoms with Crippen LogP contribution in [0.3, 0.4) is 0 Å². The van der Waals surface area contributed by atoms with Crippen molar-refractivity contribution in [3.63, 3.8) is 0 Å². The number of aryl methyl sites for hydroxylation is 2. The first-order valence-corrected chi connectivity index (χ1v) is 9.89. The summed E-state index contributed by atoms with van der Waals surface area (Å²) in [6.07, 6.45) is 1.23. The molecule has 0 aromatic heterocycles. The molecule has 0 aliphatic carbocycles. The molecule has 0 bridgehead atoms. The maximum absolute atomic E-state index is 12.2. The van der Waals surface area contributed by atoms with E-state index < -0.39 is 10.0 Å². The number of hydrogen-bond donors (Lipinski definition) is 1. The van der Waals surface area contributed by atoms with Gasteiger partial charge in [-0.2, -0.15) is 0 Å². The van der Waals surface area contributed by atoms with Gasteiger partial charge in [0, 0.05) is 26.1 Å². The first kappa shape index (κ1) is 20.9. The average molecular weight is 376 g/mol. The highest BCUT2D eigenvalue weighted by Crippen LogP contribution is 2.27. The summed E-state index contributed by atoms with van der Waals surface area (Å²) in [7, 11) is 0.390. The lowest BCUT2D eigenvalue weighted by Crippen LogP contribution is -2.37. The maximum atomic E-state index is 12.2. The van der Waals surface area contributed by atoms with Crippen molar-refractivity contribution in [2.75, 3.05) is 45.3 Å². The highest BCUT2D eigenvalue weighted by molar-refractivity contribution is 7.88. The van der Waals surface area contributed by atoms with Gasteiger partial charge in [0.05, 0.1) is 17.0 Å². The van der Waals surface area contributed by atoms with Crippen molar-refractivity contribution in [2.45, 2.75) is 20.3 Å². The smallest absolute Gasteiger partial charge is 0.225 e. The minimum atomic E-state index is -3.35. The van der Waals surface area contributed by atoms with Crippen molar-refractivity contribution in [3.8, 4) is 0 Å². The molecule has 136 valence electrons. The van der Waals surface area contributed by atoms with E-state index in [0.717, 1.165) is 17.4 Å². The largest absolute Gasteiger partial charge is 0.325 e. The summed E-state index contributed by atoms with van der Waals surface area (Å²) in [5.74, 6) is -0.262. The van der Waals surface area contributed by atoms with Gasteiger partial charge in [-0.15, -0.1) is 0 Å². The molecule has 0 aliphatic rings. The van der Waals surface area contributed by atoms with E-state index in [2.05, 4.69) is 5.32 Å². The van der Waals surface area contributed by atoms with Gasteiger partial charge in [-0.05, 0) is 45.1 Å². The summed E-state index contributed by atoms with van der Waals surface area (Å²) in [4.78, 5) is 14.1. The Balaban J connectivity index is 2.70. The highest BCUT2D eigenvalue weighted by atomic mass is 35.5. The second-order valence-electron chi connectivity index (χ2n) is 6.20. The monoisotopic (exact) mass is 375 g/mol. The summed E-state index contributed by atoms with van der Waals surface area (Å²) >= 11 is 6.17. The van der Waals surface area contributed by atoms with Gasteiger partial charge in [0.1, 0.15) is 0 Å². The molecule has 24 heavy (non-hydrogen) atoms. The van der Waals surface area contributed by atoms with E-state index in [4.69, 9.17) is 11.6 Å². The Hall–Kier alpha value is -1.15. The van der Waals surface area contributed by atoms with Crippen LogP contribution in [0.4, 0.5) is 5.69 Å². The van der Waals surface area contributed by atoms with Crippen molar-refractivity contribution in [1.29, 1.82) is 0 Å². The fourth-order valence-electron chi connectivity index (χ4n) is 2.26. The molecule has 0 spiro atoms. The van der Waals surface area contributed by atoms with E-state index >= 15 is 0 Å². The van der Waals surface area contributed by atoms with Crippen molar-refractivity contribution >= 4 is 33.2 Å². The number of anilines is 1. The maximum Gasteiger partial charge on any atom is 0.225 e. The quantitative estimate of drug-likeness (QED) is 0.755. The number of carbonyl (C=O) groups excluding carboxylic acids is 1. The Bertz CT molecular complexity index is 667. The molecule has 0 saturated carbocycles. The van der Waals surface area contributed by atoms with Crippen LogP contribution in [0, 0.1) is 13.8 Å². The molecule has 1 N–H and O–H groups in total. The van der Waals surface area contributed by atoms with Crippen molar-refractivity contribution in [2.24, 2.45) is 0 Å². The predicted molar refractivity (Wildman–Crippen MR) is 99.1 cm³/mol. The van der Waals surface area contributed by atoms with Crippen LogP contribution in [0.15, 0.2) is 12.1 Å². The van der Waals surface area contributed by atoms with Gasteiger partial charge in [-0.3, -0.25) is 4.79 Å². The number of halogens is 1. The lowest BCUT2D eigenvalue weighted by molar-refractivity contribution is -0.116. The SMILES string of the molecule is Cc1cc(C)c(NC(=O)CCN(CCN(C)C)S(C)(=O)=O)c(Cl)c1. The number of hydrogen-bond acceptors (Lipinski definition) is 4. The molecular weight excluding hydrogens is 350 g/mol. The molecule has 1 aromatic rings. The number of nitrogens with zero attached hydrogens (tertiary/aromatic N) is 2. The van der Waals surface area contributed by atoms with Crippen LogP contribution in [0.25, 0.3) is 0 Å². The third kappa shape index (κ3) is 6.76. The Kier molecular flexibility index (Phi) is 7.66. The molecule has 0 atom stereocenters. The zero-order valence-corrected chi connectivity index (χ0v) is 16.5. The Morgan fingerprint density at radius 1 is 1.17 bits per heavy atom. The van der Waals surface area contributed by atoms with Crippen molar-refractivity contribution < 1.29 is 13.2 Å². The number of benzene rings is 1. The highest BCUT2D eigenvalue weighted by Gasteiger charge is 2.18. The second kappa shape index (κ2) is 8.80. The number of amides is 1. The lowest BCUT2D eigenvalue weighted by atomic mass is 10.1. The van der Waals surface area contributed by atoms with Crippen LogP contribution in [-0.4, -0.2) is 63.5 Å². The minimum Gasteiger partial charge on any atom is -0.325 e. The zero-order valence-electron chi connectivity index (χ0n) is 14.9. The van der Waals surface area contributed by atoms with E-state index in [1.165, 1.54) is 4.31 Å². The van der Waals surface area contributed by atoms with Crippen molar-refractivity contribution in [3.05, 3.63) is 28.3 Å². The van der Waals surface area contributed by atoms with Crippen molar-refractivity contribution in [1.82, 2.24) is 9.21 Å². The molecule has 8 heteroatoms. The van der Waals surface area contributed by atoms with E-state index in [9.17, 15) is 13.2 Å². The zero-order chi connectivity index (χ0) is 18.5. The third-order valence-corrected chi connectivity index (χ3v) is 5.15. The van der Waals surface area contributed by atoms with Crippen LogP contribution in [0.1, 0.15) is 17.5 Å². The second-order valence-corrected chi connectivity index (χ2v) is 8.59. The van der Waals surface area contributed by atoms with Crippen LogP contribution in [0.2, 0.25) is 5.02 Å².